The Morgan fingerprint density at radius 3 is 2.05 bits per heavy atom. The molecule has 4 unspecified atom stereocenters. The molecule has 0 aliphatic heterocycles. The first kappa shape index (κ1) is 31.3. The van der Waals surface area contributed by atoms with Crippen molar-refractivity contribution in [3.63, 3.8) is 0 Å². The van der Waals surface area contributed by atoms with Crippen LogP contribution in [0.25, 0.3) is 10.9 Å². The average molecular weight is 564 g/mol. The van der Waals surface area contributed by atoms with Crippen molar-refractivity contribution in [3.8, 4) is 0 Å². The summed E-state index contributed by atoms with van der Waals surface area (Å²) in [5.74, 6) is -3.12. The third-order valence-electron chi connectivity index (χ3n) is 6.94. The van der Waals surface area contributed by atoms with E-state index in [1.54, 1.807) is 13.8 Å². The number of H-pyrrole nitrogens is 1. The van der Waals surface area contributed by atoms with Crippen molar-refractivity contribution in [2.75, 3.05) is 0 Å². The number of hydrogen-bond donors (Lipinski definition) is 6. The zero-order valence-electron chi connectivity index (χ0n) is 24.0. The molecule has 1 aromatic heterocycles. The zero-order valence-corrected chi connectivity index (χ0v) is 24.0. The average Bonchev–Trinajstić information content (AvgIpc) is 3.33. The van der Waals surface area contributed by atoms with Crippen LogP contribution in [-0.4, -0.2) is 57.9 Å². The van der Waals surface area contributed by atoms with Crippen LogP contribution in [0.2, 0.25) is 0 Å². The Balaban J connectivity index is 1.77. The Hall–Kier alpha value is -4.18. The summed E-state index contributed by atoms with van der Waals surface area (Å²) in [5, 5.41) is 18.6. The summed E-state index contributed by atoms with van der Waals surface area (Å²) < 4.78 is 0. The number of nitrogens with two attached hydrogens (primary N) is 1. The minimum atomic E-state index is -1.15. The normalized spacial score (nSPS) is 14.3. The van der Waals surface area contributed by atoms with Crippen LogP contribution >= 0.6 is 0 Å². The molecule has 0 bridgehead atoms. The van der Waals surface area contributed by atoms with Crippen molar-refractivity contribution >= 4 is 34.6 Å². The molecular formula is C31H41N5O5. The third-order valence-corrected chi connectivity index (χ3v) is 6.94. The molecule has 10 heteroatoms. The molecule has 2 aromatic carbocycles. The van der Waals surface area contributed by atoms with Crippen LogP contribution in [0, 0.1) is 11.8 Å². The second-order valence-electron chi connectivity index (χ2n) is 11.2. The minimum Gasteiger partial charge on any atom is -0.480 e. The van der Waals surface area contributed by atoms with Crippen molar-refractivity contribution in [2.45, 2.75) is 71.1 Å². The topological polar surface area (TPSA) is 166 Å². The number of fused-ring (bicyclic) bond motifs is 1. The fourth-order valence-corrected chi connectivity index (χ4v) is 4.71. The molecule has 1 heterocycles. The number of benzene rings is 2. The molecule has 0 radical (unpaired) electrons. The first-order chi connectivity index (χ1) is 19.5. The molecule has 4 atom stereocenters. The van der Waals surface area contributed by atoms with Crippen molar-refractivity contribution in [1.29, 1.82) is 0 Å². The molecule has 220 valence electrons. The molecular weight excluding hydrogens is 522 g/mol. The summed E-state index contributed by atoms with van der Waals surface area (Å²) in [6.07, 6.45) is 2.55. The Morgan fingerprint density at radius 1 is 0.805 bits per heavy atom. The fourth-order valence-electron chi connectivity index (χ4n) is 4.71. The number of carboxylic acids is 1. The molecule has 7 N–H and O–H groups in total. The first-order valence-electron chi connectivity index (χ1n) is 13.9. The number of carboxylic acid groups (broad SMARTS) is 1. The SMILES string of the molecule is CC(C)CC(NC(=O)C(Cc1ccccc1)NC(=O)C(N)Cc1c[nH]c2ccccc12)C(=O)NC(C(=O)O)C(C)C. The van der Waals surface area contributed by atoms with Gasteiger partial charge in [-0.1, -0.05) is 76.2 Å². The zero-order chi connectivity index (χ0) is 30.1. The second kappa shape index (κ2) is 14.5. The number of amides is 3. The quantitative estimate of drug-likeness (QED) is 0.176. The van der Waals surface area contributed by atoms with Gasteiger partial charge in [-0.05, 0) is 41.9 Å². The van der Waals surface area contributed by atoms with E-state index >= 15 is 0 Å². The molecule has 0 aliphatic rings. The summed E-state index contributed by atoms with van der Waals surface area (Å²) in [6, 6.07) is 12.9. The number of hydrogen-bond acceptors (Lipinski definition) is 5. The molecule has 10 nitrogen and oxygen atoms in total. The van der Waals surface area contributed by atoms with Gasteiger partial charge in [-0.3, -0.25) is 14.4 Å². The van der Waals surface area contributed by atoms with Gasteiger partial charge >= 0.3 is 5.97 Å². The Morgan fingerprint density at radius 2 is 1.41 bits per heavy atom. The molecule has 0 saturated heterocycles. The van der Waals surface area contributed by atoms with E-state index in [0.29, 0.717) is 0 Å². The molecule has 3 rings (SSSR count). The Bertz CT molecular complexity index is 1340. The number of rotatable bonds is 14. The third kappa shape index (κ3) is 8.91. The van der Waals surface area contributed by atoms with Crippen LogP contribution < -0.4 is 21.7 Å². The number of aromatic amines is 1. The van der Waals surface area contributed by atoms with Gasteiger partial charge in [0.25, 0.3) is 0 Å². The molecule has 0 spiro atoms. The highest BCUT2D eigenvalue weighted by atomic mass is 16.4. The fraction of sp³-hybridized carbons (Fsp3) is 0.419. The molecule has 0 saturated carbocycles. The lowest BCUT2D eigenvalue weighted by molar-refractivity contribution is -0.143. The van der Waals surface area contributed by atoms with Crippen LogP contribution in [0.1, 0.15) is 45.2 Å². The van der Waals surface area contributed by atoms with Crippen molar-refractivity contribution < 1.29 is 24.3 Å². The molecule has 3 amide bonds. The van der Waals surface area contributed by atoms with Crippen LogP contribution in [0.4, 0.5) is 0 Å². The summed E-state index contributed by atoms with van der Waals surface area (Å²) in [4.78, 5) is 54.8. The molecule has 41 heavy (non-hydrogen) atoms. The van der Waals surface area contributed by atoms with E-state index in [1.807, 2.05) is 74.6 Å². The number of carbonyl (C=O) groups is 4. The van der Waals surface area contributed by atoms with Gasteiger partial charge < -0.3 is 31.8 Å². The maximum Gasteiger partial charge on any atom is 0.326 e. The van der Waals surface area contributed by atoms with Gasteiger partial charge in [0.15, 0.2) is 0 Å². The number of aromatic nitrogens is 1. The lowest BCUT2D eigenvalue weighted by Gasteiger charge is -2.27. The van der Waals surface area contributed by atoms with E-state index in [-0.39, 0.29) is 31.1 Å². The van der Waals surface area contributed by atoms with E-state index in [2.05, 4.69) is 20.9 Å². The largest absolute Gasteiger partial charge is 0.480 e. The standard InChI is InChI=1S/C31H41N5O5/c1-18(2)14-25(30(39)36-27(19(3)4)31(40)41)35-29(38)26(15-20-10-6-5-7-11-20)34-28(37)23(32)16-21-17-33-24-13-9-8-12-22(21)24/h5-13,17-19,23,25-27,33H,14-16,32H2,1-4H3,(H,34,37)(H,35,38)(H,36,39)(H,40,41). The summed E-state index contributed by atoms with van der Waals surface area (Å²) in [5.41, 5.74) is 8.93. The van der Waals surface area contributed by atoms with Gasteiger partial charge in [0.05, 0.1) is 6.04 Å². The number of carbonyl (C=O) groups excluding carboxylic acids is 3. The van der Waals surface area contributed by atoms with Crippen molar-refractivity contribution in [3.05, 3.63) is 71.9 Å². The number of aliphatic carboxylic acids is 1. The highest BCUT2D eigenvalue weighted by molar-refractivity contribution is 5.94. The predicted molar refractivity (Wildman–Crippen MR) is 158 cm³/mol. The monoisotopic (exact) mass is 563 g/mol. The lowest BCUT2D eigenvalue weighted by Crippen LogP contribution is -2.58. The van der Waals surface area contributed by atoms with E-state index < -0.39 is 47.9 Å². The van der Waals surface area contributed by atoms with E-state index in [1.165, 1.54) is 0 Å². The summed E-state index contributed by atoms with van der Waals surface area (Å²) in [7, 11) is 0. The van der Waals surface area contributed by atoms with Gasteiger partial charge in [0.2, 0.25) is 17.7 Å². The van der Waals surface area contributed by atoms with Crippen LogP contribution in [-0.2, 0) is 32.0 Å². The van der Waals surface area contributed by atoms with E-state index in [4.69, 9.17) is 5.73 Å². The van der Waals surface area contributed by atoms with Crippen molar-refractivity contribution in [1.82, 2.24) is 20.9 Å². The highest BCUT2D eigenvalue weighted by Gasteiger charge is 2.32. The van der Waals surface area contributed by atoms with Gasteiger partial charge in [-0.2, -0.15) is 0 Å². The summed E-state index contributed by atoms with van der Waals surface area (Å²) >= 11 is 0. The van der Waals surface area contributed by atoms with Gasteiger partial charge in [0, 0.05) is 23.5 Å². The number of para-hydroxylation sites is 1. The van der Waals surface area contributed by atoms with Crippen LogP contribution in [0.5, 0.6) is 0 Å². The van der Waals surface area contributed by atoms with Crippen LogP contribution in [0.3, 0.4) is 0 Å². The van der Waals surface area contributed by atoms with Gasteiger partial charge in [-0.25, -0.2) is 4.79 Å². The van der Waals surface area contributed by atoms with Crippen molar-refractivity contribution in [2.24, 2.45) is 17.6 Å². The van der Waals surface area contributed by atoms with E-state index in [9.17, 15) is 24.3 Å². The maximum atomic E-state index is 13.6. The smallest absolute Gasteiger partial charge is 0.326 e. The highest BCUT2D eigenvalue weighted by Crippen LogP contribution is 2.19. The molecule has 0 fully saturated rings. The first-order valence-corrected chi connectivity index (χ1v) is 13.9. The Kier molecular flexibility index (Phi) is 11.0. The minimum absolute atomic E-state index is 0.0279. The molecule has 0 aliphatic carbocycles. The van der Waals surface area contributed by atoms with Gasteiger partial charge in [-0.15, -0.1) is 0 Å². The summed E-state index contributed by atoms with van der Waals surface area (Å²) in [6.45, 7) is 7.19. The predicted octanol–water partition coefficient (Wildman–Crippen LogP) is 2.52. The number of nitrogens with one attached hydrogen (secondary N) is 4. The Labute approximate surface area is 240 Å². The van der Waals surface area contributed by atoms with E-state index in [0.717, 1.165) is 22.0 Å². The lowest BCUT2D eigenvalue weighted by atomic mass is 9.99. The maximum absolute atomic E-state index is 13.6. The second-order valence-corrected chi connectivity index (χ2v) is 11.2. The van der Waals surface area contributed by atoms with Gasteiger partial charge in [0.1, 0.15) is 18.1 Å². The molecule has 3 aromatic rings. The van der Waals surface area contributed by atoms with Crippen LogP contribution in [0.15, 0.2) is 60.8 Å².